The van der Waals surface area contributed by atoms with Gasteiger partial charge in [0.15, 0.2) is 5.79 Å². The van der Waals surface area contributed by atoms with Crippen LogP contribution in [0.15, 0.2) is 0 Å². The Morgan fingerprint density at radius 1 is 0.733 bits per heavy atom. The maximum absolute atomic E-state index is 6.93. The summed E-state index contributed by atoms with van der Waals surface area (Å²) in [6, 6.07) is 0. The van der Waals surface area contributed by atoms with Gasteiger partial charge in [0.05, 0.1) is 12.7 Å². The van der Waals surface area contributed by atoms with Gasteiger partial charge in [0, 0.05) is 12.3 Å². The lowest BCUT2D eigenvalue weighted by Crippen LogP contribution is -2.54. The molecular weight excluding hydrogens is 368 g/mol. The van der Waals surface area contributed by atoms with Crippen LogP contribution in [-0.4, -0.2) is 18.5 Å². The second-order valence-electron chi connectivity index (χ2n) is 13.6. The van der Waals surface area contributed by atoms with Crippen molar-refractivity contribution in [2.24, 2.45) is 58.2 Å². The van der Waals surface area contributed by atoms with Crippen molar-refractivity contribution in [2.75, 3.05) is 6.61 Å². The molecule has 1 spiro atoms. The van der Waals surface area contributed by atoms with Crippen LogP contribution in [0.1, 0.15) is 98.8 Å². The highest BCUT2D eigenvalue weighted by Gasteiger charge is 2.69. The Bertz CT molecular complexity index is 680. The molecule has 170 valence electrons. The largest absolute Gasteiger partial charge is 0.349 e. The van der Waals surface area contributed by atoms with Gasteiger partial charge in [-0.15, -0.1) is 0 Å². The van der Waals surface area contributed by atoms with Crippen LogP contribution < -0.4 is 0 Å². The Labute approximate surface area is 185 Å². The zero-order chi connectivity index (χ0) is 20.9. The fourth-order valence-corrected chi connectivity index (χ4v) is 10.5. The van der Waals surface area contributed by atoms with E-state index in [9.17, 15) is 0 Å². The molecule has 0 aromatic heterocycles. The molecule has 0 amide bonds. The standard InChI is InChI=1S/C28H46O2/c1-17-8-11-26(4)20(14-17)6-7-21-22(26)10-12-27(5)23(21)15-24-25(27)19(3)28(30-24)13-9-18(2)16-29-28/h17-25H,6-16H2,1-5H3/t17-,18-,19+,20-,21-,22+,23+,24+,25+,26+,27+,28-/m1/s1. The lowest BCUT2D eigenvalue weighted by Gasteiger charge is -2.61. The highest BCUT2D eigenvalue weighted by molar-refractivity contribution is 5.15. The van der Waals surface area contributed by atoms with E-state index >= 15 is 0 Å². The third kappa shape index (κ3) is 2.62. The maximum atomic E-state index is 6.93. The summed E-state index contributed by atoms with van der Waals surface area (Å²) in [7, 11) is 0. The van der Waals surface area contributed by atoms with Crippen LogP contribution in [0.25, 0.3) is 0 Å². The van der Waals surface area contributed by atoms with Crippen LogP contribution in [0.5, 0.6) is 0 Å². The normalized spacial score (nSPS) is 62.5. The first-order chi connectivity index (χ1) is 14.3. The predicted molar refractivity (Wildman–Crippen MR) is 121 cm³/mol. The summed E-state index contributed by atoms with van der Waals surface area (Å²) >= 11 is 0. The van der Waals surface area contributed by atoms with Gasteiger partial charge in [-0.1, -0.05) is 41.0 Å². The molecule has 6 aliphatic rings. The fraction of sp³-hybridized carbons (Fsp3) is 1.00. The zero-order valence-corrected chi connectivity index (χ0v) is 20.3. The van der Waals surface area contributed by atoms with Crippen molar-refractivity contribution in [3.63, 3.8) is 0 Å². The summed E-state index contributed by atoms with van der Waals surface area (Å²) in [5.41, 5.74) is 1.11. The molecule has 2 heteroatoms. The lowest BCUT2D eigenvalue weighted by molar-refractivity contribution is -0.273. The fourth-order valence-electron chi connectivity index (χ4n) is 10.5. The van der Waals surface area contributed by atoms with Crippen LogP contribution in [-0.2, 0) is 9.47 Å². The van der Waals surface area contributed by atoms with Gasteiger partial charge in [0.1, 0.15) is 0 Å². The number of hydrogen-bond donors (Lipinski definition) is 0. The molecule has 4 saturated carbocycles. The van der Waals surface area contributed by atoms with Crippen LogP contribution in [0.4, 0.5) is 0 Å². The van der Waals surface area contributed by atoms with E-state index < -0.39 is 0 Å². The lowest BCUT2D eigenvalue weighted by atomic mass is 9.44. The zero-order valence-electron chi connectivity index (χ0n) is 20.3. The molecule has 0 bridgehead atoms. The molecular formula is C28H46O2. The Hall–Kier alpha value is -0.0800. The summed E-state index contributed by atoms with van der Waals surface area (Å²) < 4.78 is 13.4. The van der Waals surface area contributed by atoms with Crippen molar-refractivity contribution < 1.29 is 9.47 Å². The molecule has 6 fully saturated rings. The van der Waals surface area contributed by atoms with Crippen molar-refractivity contribution in [1.29, 1.82) is 0 Å². The summed E-state index contributed by atoms with van der Waals surface area (Å²) in [5, 5.41) is 0. The van der Waals surface area contributed by atoms with E-state index in [1.165, 1.54) is 57.8 Å². The Morgan fingerprint density at radius 2 is 1.50 bits per heavy atom. The third-order valence-electron chi connectivity index (χ3n) is 12.2. The maximum Gasteiger partial charge on any atom is 0.171 e. The summed E-state index contributed by atoms with van der Waals surface area (Å²) in [5.74, 6) is 6.52. The monoisotopic (exact) mass is 414 g/mol. The highest BCUT2D eigenvalue weighted by atomic mass is 16.7. The van der Waals surface area contributed by atoms with Gasteiger partial charge < -0.3 is 9.47 Å². The second kappa shape index (κ2) is 6.72. The highest BCUT2D eigenvalue weighted by Crippen LogP contribution is 2.71. The number of rotatable bonds is 0. The number of ether oxygens (including phenoxy) is 2. The average molecular weight is 415 g/mol. The van der Waals surface area contributed by atoms with Gasteiger partial charge in [0.2, 0.25) is 0 Å². The summed E-state index contributed by atoms with van der Waals surface area (Å²) in [4.78, 5) is 0. The van der Waals surface area contributed by atoms with Crippen molar-refractivity contribution in [3.05, 3.63) is 0 Å². The van der Waals surface area contributed by atoms with Crippen LogP contribution in [0, 0.1) is 58.2 Å². The van der Waals surface area contributed by atoms with Gasteiger partial charge in [-0.2, -0.15) is 0 Å². The molecule has 2 nitrogen and oxygen atoms in total. The molecule has 2 saturated heterocycles. The van der Waals surface area contributed by atoms with Crippen LogP contribution in [0.3, 0.4) is 0 Å². The van der Waals surface area contributed by atoms with E-state index in [0.29, 0.717) is 34.7 Å². The summed E-state index contributed by atoms with van der Waals surface area (Å²) in [6.07, 6.45) is 14.6. The smallest absolute Gasteiger partial charge is 0.171 e. The van der Waals surface area contributed by atoms with Gasteiger partial charge >= 0.3 is 0 Å². The van der Waals surface area contributed by atoms with Gasteiger partial charge in [-0.3, -0.25) is 0 Å². The molecule has 2 aliphatic heterocycles. The molecule has 0 radical (unpaired) electrons. The topological polar surface area (TPSA) is 18.5 Å². The molecule has 4 aliphatic carbocycles. The van der Waals surface area contributed by atoms with Gasteiger partial charge in [0.25, 0.3) is 0 Å². The van der Waals surface area contributed by atoms with E-state index in [4.69, 9.17) is 9.47 Å². The molecule has 0 unspecified atom stereocenters. The minimum atomic E-state index is -0.254. The first-order valence-corrected chi connectivity index (χ1v) is 13.6. The van der Waals surface area contributed by atoms with Gasteiger partial charge in [-0.25, -0.2) is 0 Å². The van der Waals surface area contributed by atoms with E-state index in [0.717, 1.165) is 42.6 Å². The van der Waals surface area contributed by atoms with Crippen LogP contribution in [0.2, 0.25) is 0 Å². The van der Waals surface area contributed by atoms with Gasteiger partial charge in [-0.05, 0) is 104 Å². The molecule has 30 heavy (non-hydrogen) atoms. The molecule has 12 atom stereocenters. The third-order valence-corrected chi connectivity index (χ3v) is 12.2. The SMILES string of the molecule is C[C@@H]1CC[C@@]2(OC1)O[C@H]1C[C@H]3[C@@H]4CC[C@@H]5C[C@H](C)CC[C@]5(C)[C@H]4CC[C@]3(C)[C@H]1[C@@H]2C. The van der Waals surface area contributed by atoms with E-state index in [-0.39, 0.29) is 5.79 Å². The minimum Gasteiger partial charge on any atom is -0.349 e. The van der Waals surface area contributed by atoms with E-state index in [2.05, 4.69) is 34.6 Å². The molecule has 6 rings (SSSR count). The van der Waals surface area contributed by atoms with E-state index in [1.807, 2.05) is 0 Å². The quantitative estimate of drug-likeness (QED) is 0.422. The summed E-state index contributed by atoms with van der Waals surface area (Å²) in [6.45, 7) is 13.6. The van der Waals surface area contributed by atoms with Crippen LogP contribution >= 0.6 is 0 Å². The number of fused-ring (bicyclic) bond motifs is 7. The second-order valence-corrected chi connectivity index (χ2v) is 13.6. The first kappa shape index (κ1) is 20.5. The Balaban J connectivity index is 1.26. The van der Waals surface area contributed by atoms with Crippen molar-refractivity contribution in [3.8, 4) is 0 Å². The van der Waals surface area contributed by atoms with Crippen molar-refractivity contribution in [2.45, 2.75) is 111 Å². The average Bonchev–Trinajstić information content (AvgIpc) is 3.16. The molecule has 0 aromatic carbocycles. The molecule has 0 N–H and O–H groups in total. The van der Waals surface area contributed by atoms with E-state index in [1.54, 1.807) is 0 Å². The number of hydrogen-bond acceptors (Lipinski definition) is 2. The molecule has 2 heterocycles. The first-order valence-electron chi connectivity index (χ1n) is 13.6. The Morgan fingerprint density at radius 3 is 2.27 bits per heavy atom. The van der Waals surface area contributed by atoms with Crippen molar-refractivity contribution in [1.82, 2.24) is 0 Å². The predicted octanol–water partition coefficient (Wildman–Crippen LogP) is 7.07. The van der Waals surface area contributed by atoms with Crippen molar-refractivity contribution >= 4 is 0 Å². The molecule has 0 aromatic rings. The Kier molecular flexibility index (Phi) is 4.60. The minimum absolute atomic E-state index is 0.254.